The summed E-state index contributed by atoms with van der Waals surface area (Å²) in [5.74, 6) is -3.91. The van der Waals surface area contributed by atoms with Crippen LogP contribution in [-0.4, -0.2) is 35.5 Å². The van der Waals surface area contributed by atoms with Crippen molar-refractivity contribution in [3.63, 3.8) is 0 Å². The number of carbonyl (C=O) groups is 3. The van der Waals surface area contributed by atoms with Crippen molar-refractivity contribution in [2.45, 2.75) is 18.0 Å². The van der Waals surface area contributed by atoms with Crippen LogP contribution < -0.4 is 15.0 Å². The van der Waals surface area contributed by atoms with E-state index in [4.69, 9.17) is 16.3 Å². The van der Waals surface area contributed by atoms with Crippen molar-refractivity contribution in [1.82, 2.24) is 5.32 Å². The van der Waals surface area contributed by atoms with Crippen molar-refractivity contribution in [3.8, 4) is 5.75 Å². The number of hydrogen-bond acceptors (Lipinski definition) is 5. The lowest BCUT2D eigenvalue weighted by Gasteiger charge is -2.31. The molecule has 2 fully saturated rings. The number of benzene rings is 3. The average molecular weight is 491 g/mol. The Balaban J connectivity index is 1.67. The summed E-state index contributed by atoms with van der Waals surface area (Å²) in [4.78, 5) is 41.8. The molecule has 2 amide bonds. The molecular weight excluding hydrogens is 468 g/mol. The first-order valence-corrected chi connectivity index (χ1v) is 11.6. The fraction of sp³-hybridized carbons (Fsp3) is 0.222. The van der Waals surface area contributed by atoms with Gasteiger partial charge in [0.15, 0.2) is 0 Å². The van der Waals surface area contributed by atoms with Crippen molar-refractivity contribution >= 4 is 35.1 Å². The van der Waals surface area contributed by atoms with Crippen molar-refractivity contribution in [3.05, 3.63) is 95.0 Å². The van der Waals surface area contributed by atoms with Gasteiger partial charge in [0, 0.05) is 17.5 Å². The maximum absolute atomic E-state index is 13.9. The van der Waals surface area contributed by atoms with Gasteiger partial charge in [-0.15, -0.1) is 0 Å². The van der Waals surface area contributed by atoms with Gasteiger partial charge in [0.2, 0.25) is 11.8 Å². The quantitative estimate of drug-likeness (QED) is 0.509. The molecule has 0 radical (unpaired) electrons. The first kappa shape index (κ1) is 23.1. The molecular formula is C27H23ClN2O5. The van der Waals surface area contributed by atoms with Crippen LogP contribution in [0.25, 0.3) is 0 Å². The highest BCUT2D eigenvalue weighted by molar-refractivity contribution is 6.30. The van der Waals surface area contributed by atoms with Gasteiger partial charge in [-0.3, -0.25) is 19.7 Å². The lowest BCUT2D eigenvalue weighted by Crippen LogP contribution is -2.57. The van der Waals surface area contributed by atoms with E-state index in [0.717, 1.165) is 10.5 Å². The summed E-state index contributed by atoms with van der Waals surface area (Å²) in [5, 5.41) is 14.3. The van der Waals surface area contributed by atoms with E-state index < -0.39 is 41.2 Å². The number of imide groups is 1. The van der Waals surface area contributed by atoms with Gasteiger partial charge in [-0.2, -0.15) is 0 Å². The van der Waals surface area contributed by atoms with Crippen LogP contribution in [0.3, 0.4) is 0 Å². The van der Waals surface area contributed by atoms with Crippen LogP contribution in [0.2, 0.25) is 5.02 Å². The number of nitrogens with one attached hydrogen (secondary N) is 1. The highest BCUT2D eigenvalue weighted by Gasteiger charge is 2.68. The number of hydrogen-bond donors (Lipinski definition) is 2. The standard InChI is InChI=1S/C27H23ClN2O5/c1-35-20-10-6-5-9-19(20)30-24(31)21-22(25(30)32)27(26(33)34,15-16-7-3-2-4-8-16)29-23(21)17-11-13-18(28)14-12-17/h2-14,21-23,29H,15H2,1H3,(H,33,34). The van der Waals surface area contributed by atoms with Gasteiger partial charge < -0.3 is 9.84 Å². The second kappa shape index (κ2) is 8.83. The summed E-state index contributed by atoms with van der Waals surface area (Å²) in [6.45, 7) is 0. The van der Waals surface area contributed by atoms with E-state index in [2.05, 4.69) is 5.32 Å². The van der Waals surface area contributed by atoms with Gasteiger partial charge in [0.25, 0.3) is 0 Å². The fourth-order valence-corrected chi connectivity index (χ4v) is 5.49. The largest absolute Gasteiger partial charge is 0.495 e. The third-order valence-corrected chi connectivity index (χ3v) is 7.17. The van der Waals surface area contributed by atoms with Crippen LogP contribution in [0.4, 0.5) is 5.69 Å². The number of anilines is 1. The third kappa shape index (κ3) is 3.68. The minimum absolute atomic E-state index is 0.0349. The van der Waals surface area contributed by atoms with Gasteiger partial charge >= 0.3 is 5.97 Å². The predicted octanol–water partition coefficient (Wildman–Crippen LogP) is 3.86. The Hall–Kier alpha value is -3.68. The molecule has 7 nitrogen and oxygen atoms in total. The Labute approximate surface area is 207 Å². The Morgan fingerprint density at radius 3 is 2.31 bits per heavy atom. The molecule has 2 aliphatic heterocycles. The molecule has 0 bridgehead atoms. The summed E-state index contributed by atoms with van der Waals surface area (Å²) >= 11 is 6.07. The Morgan fingerprint density at radius 2 is 1.66 bits per heavy atom. The summed E-state index contributed by atoms with van der Waals surface area (Å²) in [7, 11) is 1.46. The topological polar surface area (TPSA) is 95.9 Å². The number of para-hydroxylation sites is 2. The van der Waals surface area contributed by atoms with Crippen LogP contribution in [-0.2, 0) is 20.8 Å². The van der Waals surface area contributed by atoms with Gasteiger partial charge in [0.05, 0.1) is 24.6 Å². The zero-order valence-electron chi connectivity index (χ0n) is 18.9. The van der Waals surface area contributed by atoms with Gasteiger partial charge in [0.1, 0.15) is 11.3 Å². The molecule has 2 N–H and O–H groups in total. The zero-order chi connectivity index (χ0) is 24.7. The number of amides is 2. The molecule has 8 heteroatoms. The molecule has 2 saturated heterocycles. The molecule has 3 aromatic rings. The Bertz CT molecular complexity index is 1300. The van der Waals surface area contributed by atoms with Crippen LogP contribution in [0, 0.1) is 11.8 Å². The molecule has 2 heterocycles. The lowest BCUT2D eigenvalue weighted by atomic mass is 9.76. The molecule has 2 aliphatic rings. The summed E-state index contributed by atoms with van der Waals surface area (Å²) in [5.41, 5.74) is 0.0329. The Morgan fingerprint density at radius 1 is 1.00 bits per heavy atom. The van der Waals surface area contributed by atoms with Crippen molar-refractivity contribution in [1.29, 1.82) is 0 Å². The second-order valence-electron chi connectivity index (χ2n) is 8.80. The third-order valence-electron chi connectivity index (χ3n) is 6.92. The molecule has 0 spiro atoms. The van der Waals surface area contributed by atoms with Crippen LogP contribution in [0.1, 0.15) is 17.2 Å². The van der Waals surface area contributed by atoms with Crippen molar-refractivity contribution in [2.24, 2.45) is 11.8 Å². The van der Waals surface area contributed by atoms with E-state index in [-0.39, 0.29) is 6.42 Å². The van der Waals surface area contributed by atoms with Crippen molar-refractivity contribution in [2.75, 3.05) is 12.0 Å². The highest BCUT2D eigenvalue weighted by Crippen LogP contribution is 2.51. The number of carbonyl (C=O) groups excluding carboxylic acids is 2. The van der Waals surface area contributed by atoms with Gasteiger partial charge in [-0.05, 0) is 35.4 Å². The molecule has 0 aliphatic carbocycles. The smallest absolute Gasteiger partial charge is 0.325 e. The summed E-state index contributed by atoms with van der Waals surface area (Å²) in [6, 6.07) is 22.0. The van der Waals surface area contributed by atoms with Crippen LogP contribution >= 0.6 is 11.6 Å². The van der Waals surface area contributed by atoms with E-state index in [9.17, 15) is 19.5 Å². The van der Waals surface area contributed by atoms with E-state index >= 15 is 0 Å². The summed E-state index contributed by atoms with van der Waals surface area (Å²) < 4.78 is 5.40. The number of carboxylic acid groups (broad SMARTS) is 1. The minimum atomic E-state index is -1.69. The molecule has 178 valence electrons. The molecule has 4 atom stereocenters. The van der Waals surface area contributed by atoms with E-state index in [1.165, 1.54) is 7.11 Å². The molecule has 4 unspecified atom stereocenters. The van der Waals surface area contributed by atoms with E-state index in [0.29, 0.717) is 22.0 Å². The Kier molecular flexibility index (Phi) is 5.83. The number of methoxy groups -OCH3 is 1. The maximum Gasteiger partial charge on any atom is 0.325 e. The first-order valence-electron chi connectivity index (χ1n) is 11.2. The first-order chi connectivity index (χ1) is 16.9. The minimum Gasteiger partial charge on any atom is -0.495 e. The molecule has 0 saturated carbocycles. The number of halogens is 1. The SMILES string of the molecule is COc1ccccc1N1C(=O)C2C(c3ccc(Cl)cc3)NC(Cc3ccccc3)(C(=O)O)C2C1=O. The van der Waals surface area contributed by atoms with Gasteiger partial charge in [-0.1, -0.05) is 66.2 Å². The van der Waals surface area contributed by atoms with E-state index in [1.807, 2.05) is 30.3 Å². The lowest BCUT2D eigenvalue weighted by molar-refractivity contribution is -0.148. The zero-order valence-corrected chi connectivity index (χ0v) is 19.6. The number of fused-ring (bicyclic) bond motifs is 1. The molecule has 0 aromatic heterocycles. The summed E-state index contributed by atoms with van der Waals surface area (Å²) in [6.07, 6.45) is 0.0349. The number of ether oxygens (including phenoxy) is 1. The van der Waals surface area contributed by atoms with Crippen LogP contribution in [0.15, 0.2) is 78.9 Å². The molecule has 3 aromatic carbocycles. The highest BCUT2D eigenvalue weighted by atomic mass is 35.5. The number of rotatable bonds is 6. The fourth-order valence-electron chi connectivity index (χ4n) is 5.36. The van der Waals surface area contributed by atoms with Crippen LogP contribution in [0.5, 0.6) is 5.75 Å². The normalized spacial score (nSPS) is 25.5. The number of nitrogens with zero attached hydrogens (tertiary/aromatic N) is 1. The predicted molar refractivity (Wildman–Crippen MR) is 130 cm³/mol. The number of carboxylic acids is 1. The maximum atomic E-state index is 13.9. The molecule has 35 heavy (non-hydrogen) atoms. The van der Waals surface area contributed by atoms with Gasteiger partial charge in [-0.25, -0.2) is 4.90 Å². The number of aliphatic carboxylic acids is 1. The monoisotopic (exact) mass is 490 g/mol. The van der Waals surface area contributed by atoms with Crippen molar-refractivity contribution < 1.29 is 24.2 Å². The molecule has 5 rings (SSSR count). The van der Waals surface area contributed by atoms with E-state index in [1.54, 1.807) is 48.5 Å². The second-order valence-corrected chi connectivity index (χ2v) is 9.24. The average Bonchev–Trinajstić information content (AvgIpc) is 3.34.